The maximum Gasteiger partial charge on any atom is 0.302 e. The molecule has 0 aromatic heterocycles. The molecule has 0 aliphatic heterocycles. The standard InChI is InChI=1S/C14H24O2/c1-6-13(14(3,4)5)10-8-7-9-11-16-12(2)15/h6-7,9,13H,1,8,10-11H2,2-5H3/b9-7+/t13-/m1/s1. The highest BCUT2D eigenvalue weighted by atomic mass is 16.5. The van der Waals surface area contributed by atoms with Gasteiger partial charge < -0.3 is 4.74 Å². The number of carbonyl (C=O) groups is 1. The number of hydrogen-bond donors (Lipinski definition) is 0. The fraction of sp³-hybridized carbons (Fsp3) is 0.643. The Kier molecular flexibility index (Phi) is 6.78. The summed E-state index contributed by atoms with van der Waals surface area (Å²) in [6.07, 6.45) is 8.06. The van der Waals surface area contributed by atoms with E-state index in [1.165, 1.54) is 6.92 Å². The molecule has 92 valence electrons. The molecule has 0 aromatic carbocycles. The van der Waals surface area contributed by atoms with E-state index in [0.29, 0.717) is 12.5 Å². The summed E-state index contributed by atoms with van der Waals surface area (Å²) in [6.45, 7) is 12.3. The van der Waals surface area contributed by atoms with E-state index in [4.69, 9.17) is 4.74 Å². The van der Waals surface area contributed by atoms with Gasteiger partial charge in [0, 0.05) is 6.92 Å². The van der Waals surface area contributed by atoms with E-state index in [9.17, 15) is 4.79 Å². The van der Waals surface area contributed by atoms with Crippen LogP contribution in [0.25, 0.3) is 0 Å². The van der Waals surface area contributed by atoms with E-state index in [2.05, 4.69) is 33.4 Å². The third kappa shape index (κ3) is 7.27. The van der Waals surface area contributed by atoms with Gasteiger partial charge in [-0.15, -0.1) is 6.58 Å². The van der Waals surface area contributed by atoms with Crippen LogP contribution in [-0.2, 0) is 9.53 Å². The van der Waals surface area contributed by atoms with Crippen LogP contribution < -0.4 is 0 Å². The molecule has 2 heteroatoms. The van der Waals surface area contributed by atoms with Gasteiger partial charge in [-0.1, -0.05) is 39.0 Å². The second kappa shape index (κ2) is 7.26. The van der Waals surface area contributed by atoms with Crippen molar-refractivity contribution in [3.63, 3.8) is 0 Å². The summed E-state index contributed by atoms with van der Waals surface area (Å²) >= 11 is 0. The monoisotopic (exact) mass is 224 g/mol. The summed E-state index contributed by atoms with van der Waals surface area (Å²) in [7, 11) is 0. The summed E-state index contributed by atoms with van der Waals surface area (Å²) < 4.78 is 4.80. The molecule has 0 aliphatic carbocycles. The topological polar surface area (TPSA) is 26.3 Å². The lowest BCUT2D eigenvalue weighted by Crippen LogP contribution is -2.17. The number of ether oxygens (including phenoxy) is 1. The van der Waals surface area contributed by atoms with Crippen molar-refractivity contribution in [3.05, 3.63) is 24.8 Å². The normalized spacial score (nSPS) is 13.8. The molecular weight excluding hydrogens is 200 g/mol. The number of allylic oxidation sites excluding steroid dienone is 2. The van der Waals surface area contributed by atoms with Crippen LogP contribution in [0.4, 0.5) is 0 Å². The molecule has 0 aliphatic rings. The second-order valence-electron chi connectivity index (χ2n) is 5.06. The summed E-state index contributed by atoms with van der Waals surface area (Å²) in [5.41, 5.74) is 0.269. The molecule has 16 heavy (non-hydrogen) atoms. The van der Waals surface area contributed by atoms with E-state index in [1.54, 1.807) is 0 Å². The number of rotatable bonds is 6. The molecule has 0 aromatic rings. The largest absolute Gasteiger partial charge is 0.462 e. The molecule has 0 N–H and O–H groups in total. The SMILES string of the molecule is C=C[C@H](CC/C=C/COC(C)=O)C(C)(C)C. The van der Waals surface area contributed by atoms with Gasteiger partial charge in [-0.25, -0.2) is 0 Å². The van der Waals surface area contributed by atoms with Gasteiger partial charge in [-0.05, 0) is 24.2 Å². The van der Waals surface area contributed by atoms with Crippen molar-refractivity contribution in [2.45, 2.75) is 40.5 Å². The molecule has 0 saturated heterocycles. The van der Waals surface area contributed by atoms with Crippen LogP contribution in [0.15, 0.2) is 24.8 Å². The van der Waals surface area contributed by atoms with Crippen LogP contribution in [0.5, 0.6) is 0 Å². The first-order chi connectivity index (χ1) is 7.38. The molecule has 0 heterocycles. The average Bonchev–Trinajstić information content (AvgIpc) is 2.14. The molecule has 0 unspecified atom stereocenters. The molecule has 0 saturated carbocycles. The first-order valence-corrected chi connectivity index (χ1v) is 5.79. The first-order valence-electron chi connectivity index (χ1n) is 5.79. The number of esters is 1. The summed E-state index contributed by atoms with van der Waals surface area (Å²) in [4.78, 5) is 10.5. The quantitative estimate of drug-likeness (QED) is 0.507. The van der Waals surface area contributed by atoms with Gasteiger partial charge in [-0.3, -0.25) is 4.79 Å². The van der Waals surface area contributed by atoms with Crippen LogP contribution in [0.1, 0.15) is 40.5 Å². The van der Waals surface area contributed by atoms with Crippen molar-refractivity contribution >= 4 is 5.97 Å². The minimum absolute atomic E-state index is 0.233. The Morgan fingerprint density at radius 3 is 2.44 bits per heavy atom. The van der Waals surface area contributed by atoms with E-state index in [0.717, 1.165) is 12.8 Å². The highest BCUT2D eigenvalue weighted by molar-refractivity contribution is 5.65. The number of hydrogen-bond acceptors (Lipinski definition) is 2. The summed E-state index contributed by atoms with van der Waals surface area (Å²) in [5, 5.41) is 0. The van der Waals surface area contributed by atoms with Gasteiger partial charge in [0.25, 0.3) is 0 Å². The third-order valence-electron chi connectivity index (χ3n) is 2.59. The van der Waals surface area contributed by atoms with E-state index in [-0.39, 0.29) is 11.4 Å². The maximum atomic E-state index is 10.5. The van der Waals surface area contributed by atoms with Crippen LogP contribution in [-0.4, -0.2) is 12.6 Å². The van der Waals surface area contributed by atoms with E-state index >= 15 is 0 Å². The van der Waals surface area contributed by atoms with E-state index < -0.39 is 0 Å². The minimum atomic E-state index is -0.233. The Balaban J connectivity index is 3.79. The van der Waals surface area contributed by atoms with E-state index in [1.807, 2.05) is 12.2 Å². The maximum absolute atomic E-state index is 10.5. The molecule has 1 atom stereocenters. The second-order valence-corrected chi connectivity index (χ2v) is 5.06. The molecule has 0 fully saturated rings. The zero-order chi connectivity index (χ0) is 12.6. The Bertz CT molecular complexity index is 246. The zero-order valence-corrected chi connectivity index (χ0v) is 11.0. The molecule has 0 spiro atoms. The lowest BCUT2D eigenvalue weighted by Gasteiger charge is -2.27. The molecule has 2 nitrogen and oxygen atoms in total. The fourth-order valence-corrected chi connectivity index (χ4v) is 1.53. The summed E-state index contributed by atoms with van der Waals surface area (Å²) in [5.74, 6) is 0.286. The average molecular weight is 224 g/mol. The van der Waals surface area contributed by atoms with Gasteiger partial charge in [-0.2, -0.15) is 0 Å². The summed E-state index contributed by atoms with van der Waals surface area (Å²) in [6, 6.07) is 0. The van der Waals surface area contributed by atoms with Gasteiger partial charge in [0.05, 0.1) is 0 Å². The molecule has 0 radical (unpaired) electrons. The van der Waals surface area contributed by atoms with Crippen LogP contribution in [0.3, 0.4) is 0 Å². The predicted molar refractivity (Wildman–Crippen MR) is 68.1 cm³/mol. The van der Waals surface area contributed by atoms with Crippen LogP contribution in [0, 0.1) is 11.3 Å². The Hall–Kier alpha value is -1.05. The molecule has 0 amide bonds. The lowest BCUT2D eigenvalue weighted by atomic mass is 9.78. The van der Waals surface area contributed by atoms with Crippen LogP contribution in [0.2, 0.25) is 0 Å². The van der Waals surface area contributed by atoms with Crippen molar-refractivity contribution < 1.29 is 9.53 Å². The van der Waals surface area contributed by atoms with Crippen LogP contribution >= 0.6 is 0 Å². The fourth-order valence-electron chi connectivity index (χ4n) is 1.53. The highest BCUT2D eigenvalue weighted by Crippen LogP contribution is 2.30. The smallest absolute Gasteiger partial charge is 0.302 e. The molecular formula is C14H24O2. The minimum Gasteiger partial charge on any atom is -0.462 e. The number of carbonyl (C=O) groups excluding carboxylic acids is 1. The van der Waals surface area contributed by atoms with Gasteiger partial charge in [0.1, 0.15) is 6.61 Å². The van der Waals surface area contributed by atoms with Crippen molar-refractivity contribution in [2.24, 2.45) is 11.3 Å². The van der Waals surface area contributed by atoms with Gasteiger partial charge >= 0.3 is 5.97 Å². The predicted octanol–water partition coefficient (Wildman–Crippen LogP) is 3.73. The molecule has 0 rings (SSSR count). The van der Waals surface area contributed by atoms with Crippen molar-refractivity contribution in [1.29, 1.82) is 0 Å². The Labute approximate surface area is 99.4 Å². The van der Waals surface area contributed by atoms with Crippen molar-refractivity contribution in [3.8, 4) is 0 Å². The Morgan fingerprint density at radius 1 is 1.38 bits per heavy atom. The zero-order valence-electron chi connectivity index (χ0n) is 11.0. The highest BCUT2D eigenvalue weighted by Gasteiger charge is 2.20. The molecule has 0 bridgehead atoms. The van der Waals surface area contributed by atoms with Gasteiger partial charge in [0.2, 0.25) is 0 Å². The third-order valence-corrected chi connectivity index (χ3v) is 2.59. The Morgan fingerprint density at radius 2 is 2.00 bits per heavy atom. The van der Waals surface area contributed by atoms with Crippen molar-refractivity contribution in [2.75, 3.05) is 6.61 Å². The van der Waals surface area contributed by atoms with Gasteiger partial charge in [0.15, 0.2) is 0 Å². The first kappa shape index (κ1) is 14.9. The van der Waals surface area contributed by atoms with Crippen molar-refractivity contribution in [1.82, 2.24) is 0 Å². The lowest BCUT2D eigenvalue weighted by molar-refractivity contribution is -0.139.